The van der Waals surface area contributed by atoms with E-state index in [1.807, 2.05) is 0 Å². The zero-order valence-corrected chi connectivity index (χ0v) is 8.86. The Morgan fingerprint density at radius 2 is 1.71 bits per heavy atom. The van der Waals surface area contributed by atoms with Gasteiger partial charge in [-0.05, 0) is 25.4 Å². The predicted molar refractivity (Wildman–Crippen MR) is 51.6 cm³/mol. The van der Waals surface area contributed by atoms with Gasteiger partial charge in [-0.1, -0.05) is 0 Å². The third kappa shape index (κ3) is 2.09. The van der Waals surface area contributed by atoms with Crippen molar-refractivity contribution in [2.24, 2.45) is 0 Å². The zero-order chi connectivity index (χ0) is 10.9. The molecule has 80 valence electrons. The first kappa shape index (κ1) is 11.1. The lowest BCUT2D eigenvalue weighted by molar-refractivity contribution is 0.0682. The molecule has 0 aliphatic carbocycles. The van der Waals surface area contributed by atoms with Crippen LogP contribution in [0.1, 0.15) is 13.8 Å². The van der Waals surface area contributed by atoms with Crippen LogP contribution in [0.3, 0.4) is 0 Å². The lowest BCUT2D eigenvalue weighted by Crippen LogP contribution is -2.58. The van der Waals surface area contributed by atoms with Gasteiger partial charge >= 0.3 is 11.5 Å². The summed E-state index contributed by atoms with van der Waals surface area (Å²) in [6.07, 6.45) is -0.953. The second kappa shape index (κ2) is 4.04. The minimum Gasteiger partial charge on any atom is -0.465 e. The van der Waals surface area contributed by atoms with Crippen LogP contribution < -0.4 is 0 Å². The Bertz CT molecular complexity index is 247. The first-order chi connectivity index (χ1) is 6.43. The van der Waals surface area contributed by atoms with Crippen LogP contribution in [0.4, 0.5) is 9.59 Å². The molecule has 1 N–H and O–H groups in total. The van der Waals surface area contributed by atoms with Crippen LogP contribution in [0.5, 0.6) is 0 Å². The number of halogens is 1. The molecule has 1 aliphatic heterocycles. The number of carbonyl (C=O) groups excluding carboxylic acids is 1. The Morgan fingerprint density at radius 3 is 2.00 bits per heavy atom. The summed E-state index contributed by atoms with van der Waals surface area (Å²) in [5, 5.41) is 8.27. The lowest BCUT2D eigenvalue weighted by Gasteiger charge is -2.42. The summed E-state index contributed by atoms with van der Waals surface area (Å²) in [7, 11) is 0. The molecule has 6 heteroatoms. The second-order valence-corrected chi connectivity index (χ2v) is 3.87. The molecule has 0 radical (unpaired) electrons. The van der Waals surface area contributed by atoms with Crippen LogP contribution >= 0.6 is 11.6 Å². The average molecular weight is 221 g/mol. The highest BCUT2D eigenvalue weighted by atomic mass is 35.5. The van der Waals surface area contributed by atoms with Crippen molar-refractivity contribution < 1.29 is 14.7 Å². The van der Waals surface area contributed by atoms with Crippen LogP contribution in [0.25, 0.3) is 0 Å². The maximum absolute atomic E-state index is 11.0. The molecule has 0 spiro atoms. The number of amides is 2. The molecule has 2 atom stereocenters. The zero-order valence-electron chi connectivity index (χ0n) is 8.11. The Kier molecular flexibility index (Phi) is 3.21. The van der Waals surface area contributed by atoms with Gasteiger partial charge < -0.3 is 14.9 Å². The Morgan fingerprint density at radius 1 is 1.29 bits per heavy atom. The summed E-state index contributed by atoms with van der Waals surface area (Å²) in [5.41, 5.74) is 0. The van der Waals surface area contributed by atoms with Gasteiger partial charge in [-0.15, -0.1) is 0 Å². The molecular formula is C8H13ClN2O3. The van der Waals surface area contributed by atoms with Crippen molar-refractivity contribution in [3.63, 3.8) is 0 Å². The van der Waals surface area contributed by atoms with E-state index in [1.54, 1.807) is 13.8 Å². The normalized spacial score (nSPS) is 27.6. The molecule has 0 bridgehead atoms. The highest BCUT2D eigenvalue weighted by Crippen LogP contribution is 2.17. The van der Waals surface area contributed by atoms with Gasteiger partial charge in [0.25, 0.3) is 0 Å². The molecule has 1 saturated heterocycles. The lowest BCUT2D eigenvalue weighted by atomic mass is 10.1. The van der Waals surface area contributed by atoms with Crippen molar-refractivity contribution in [2.75, 3.05) is 13.1 Å². The summed E-state index contributed by atoms with van der Waals surface area (Å²) < 4.78 is 0. The van der Waals surface area contributed by atoms with E-state index in [2.05, 4.69) is 0 Å². The van der Waals surface area contributed by atoms with Crippen molar-refractivity contribution in [3.05, 3.63) is 0 Å². The SMILES string of the molecule is CC1CN(C(=O)O)C[C@H](C)N1C(=O)Cl. The van der Waals surface area contributed by atoms with Crippen molar-refractivity contribution in [1.82, 2.24) is 9.80 Å². The van der Waals surface area contributed by atoms with E-state index in [1.165, 1.54) is 9.80 Å². The largest absolute Gasteiger partial charge is 0.465 e. The predicted octanol–water partition coefficient (Wildman–Crippen LogP) is 1.42. The van der Waals surface area contributed by atoms with E-state index in [9.17, 15) is 9.59 Å². The smallest absolute Gasteiger partial charge is 0.407 e. The van der Waals surface area contributed by atoms with E-state index in [-0.39, 0.29) is 12.1 Å². The van der Waals surface area contributed by atoms with E-state index < -0.39 is 11.5 Å². The number of carboxylic acid groups (broad SMARTS) is 1. The summed E-state index contributed by atoms with van der Waals surface area (Å²) in [4.78, 5) is 24.5. The molecule has 1 aliphatic rings. The van der Waals surface area contributed by atoms with Crippen molar-refractivity contribution in [3.8, 4) is 0 Å². The standard InChI is InChI=1S/C8H13ClN2O3/c1-5-3-10(8(13)14)4-6(2)11(5)7(9)12/h5-6H,3-4H2,1-2H3,(H,13,14)/t5-,6?/m0/s1. The Labute approximate surface area is 87.2 Å². The molecule has 5 nitrogen and oxygen atoms in total. The fourth-order valence-corrected chi connectivity index (χ4v) is 2.16. The highest BCUT2D eigenvalue weighted by Gasteiger charge is 2.33. The fraction of sp³-hybridized carbons (Fsp3) is 0.750. The number of rotatable bonds is 0. The maximum atomic E-state index is 11.0. The van der Waals surface area contributed by atoms with Gasteiger partial charge in [-0.3, -0.25) is 4.79 Å². The Balaban J connectivity index is 2.72. The maximum Gasteiger partial charge on any atom is 0.407 e. The third-order valence-electron chi connectivity index (χ3n) is 2.39. The van der Waals surface area contributed by atoms with Crippen molar-refractivity contribution in [2.45, 2.75) is 25.9 Å². The van der Waals surface area contributed by atoms with Crippen LogP contribution in [-0.2, 0) is 0 Å². The van der Waals surface area contributed by atoms with Crippen molar-refractivity contribution in [1.29, 1.82) is 0 Å². The molecule has 1 rings (SSSR count). The fourth-order valence-electron chi connectivity index (χ4n) is 1.83. The number of hydrogen-bond donors (Lipinski definition) is 1. The van der Waals surface area contributed by atoms with Gasteiger partial charge in [0.2, 0.25) is 0 Å². The van der Waals surface area contributed by atoms with Crippen molar-refractivity contribution >= 4 is 23.1 Å². The average Bonchev–Trinajstić information content (AvgIpc) is 2.01. The molecule has 0 aromatic carbocycles. The first-order valence-corrected chi connectivity index (χ1v) is 4.77. The van der Waals surface area contributed by atoms with Crippen LogP contribution in [0.15, 0.2) is 0 Å². The molecule has 0 aromatic heterocycles. The van der Waals surface area contributed by atoms with Crippen LogP contribution in [-0.4, -0.2) is 51.5 Å². The summed E-state index contributed by atoms with van der Waals surface area (Å²) in [5.74, 6) is 0. The number of piperazine rings is 1. The molecular weight excluding hydrogens is 208 g/mol. The van der Waals surface area contributed by atoms with E-state index in [0.29, 0.717) is 13.1 Å². The van der Waals surface area contributed by atoms with Gasteiger partial charge in [0, 0.05) is 25.2 Å². The number of carbonyl (C=O) groups is 2. The Hall–Kier alpha value is -0.970. The minimum absolute atomic E-state index is 0.167. The van der Waals surface area contributed by atoms with Gasteiger partial charge in [0.1, 0.15) is 0 Å². The van der Waals surface area contributed by atoms with Gasteiger partial charge in [0.15, 0.2) is 0 Å². The summed E-state index contributed by atoms with van der Waals surface area (Å²) in [6.45, 7) is 4.20. The minimum atomic E-state index is -0.953. The highest BCUT2D eigenvalue weighted by molar-refractivity contribution is 6.62. The topological polar surface area (TPSA) is 60.9 Å². The third-order valence-corrected chi connectivity index (χ3v) is 2.59. The van der Waals surface area contributed by atoms with Crippen LogP contribution in [0.2, 0.25) is 0 Å². The van der Waals surface area contributed by atoms with E-state index in [4.69, 9.17) is 16.7 Å². The molecule has 1 heterocycles. The number of nitrogens with zero attached hydrogens (tertiary/aromatic N) is 2. The summed E-state index contributed by atoms with van der Waals surface area (Å²) >= 11 is 5.39. The monoisotopic (exact) mass is 220 g/mol. The van der Waals surface area contributed by atoms with Gasteiger partial charge in [-0.2, -0.15) is 0 Å². The van der Waals surface area contributed by atoms with Gasteiger partial charge in [-0.25, -0.2) is 4.79 Å². The first-order valence-electron chi connectivity index (χ1n) is 4.39. The summed E-state index contributed by atoms with van der Waals surface area (Å²) in [6, 6.07) is -0.334. The van der Waals surface area contributed by atoms with E-state index in [0.717, 1.165) is 0 Å². The number of hydrogen-bond acceptors (Lipinski definition) is 2. The molecule has 0 aromatic rings. The quantitative estimate of drug-likeness (QED) is 0.496. The molecule has 1 unspecified atom stereocenters. The second-order valence-electron chi connectivity index (χ2n) is 3.55. The van der Waals surface area contributed by atoms with E-state index >= 15 is 0 Å². The molecule has 0 saturated carbocycles. The molecule has 2 amide bonds. The molecule has 1 fully saturated rings. The van der Waals surface area contributed by atoms with Gasteiger partial charge in [0.05, 0.1) is 0 Å². The van der Waals surface area contributed by atoms with Crippen LogP contribution in [0, 0.1) is 0 Å². The molecule has 14 heavy (non-hydrogen) atoms.